The van der Waals surface area contributed by atoms with Crippen molar-refractivity contribution in [3.63, 3.8) is 0 Å². The lowest BCUT2D eigenvalue weighted by Crippen LogP contribution is -2.01. The van der Waals surface area contributed by atoms with E-state index >= 15 is 0 Å². The van der Waals surface area contributed by atoms with Gasteiger partial charge >= 0.3 is 0 Å². The van der Waals surface area contributed by atoms with E-state index in [9.17, 15) is 0 Å². The summed E-state index contributed by atoms with van der Waals surface area (Å²) in [6.45, 7) is 4.20. The van der Waals surface area contributed by atoms with Crippen molar-refractivity contribution in [2.24, 2.45) is 16.1 Å². The molecule has 1 heterocycles. The highest BCUT2D eigenvalue weighted by Gasteiger charge is 2.04. The molecule has 3 heteroatoms. The molecule has 2 nitrogen and oxygen atoms in total. The van der Waals surface area contributed by atoms with Gasteiger partial charge in [0, 0.05) is 17.2 Å². The molecule has 0 aromatic carbocycles. The second kappa shape index (κ2) is 2.85. The molecule has 0 saturated heterocycles. The van der Waals surface area contributed by atoms with E-state index in [2.05, 4.69) is 29.9 Å². The molecule has 0 bridgehead atoms. The van der Waals surface area contributed by atoms with Crippen molar-refractivity contribution in [2.75, 3.05) is 0 Å². The molecule has 0 fully saturated rings. The number of nitrogens with zero attached hydrogens (tertiary/aromatic N) is 2. The van der Waals surface area contributed by atoms with E-state index in [1.165, 1.54) is 0 Å². The zero-order valence-electron chi connectivity index (χ0n) is 5.46. The van der Waals surface area contributed by atoms with Crippen LogP contribution in [0.2, 0.25) is 0 Å². The van der Waals surface area contributed by atoms with Crippen LogP contribution < -0.4 is 0 Å². The van der Waals surface area contributed by atoms with Gasteiger partial charge in [0.1, 0.15) is 5.04 Å². The van der Waals surface area contributed by atoms with E-state index in [0.29, 0.717) is 5.92 Å². The zero-order chi connectivity index (χ0) is 6.69. The highest BCUT2D eigenvalue weighted by molar-refractivity contribution is 8.16. The Morgan fingerprint density at radius 2 is 2.44 bits per heavy atom. The summed E-state index contributed by atoms with van der Waals surface area (Å²) in [7, 11) is 0. The third-order valence-electron chi connectivity index (χ3n) is 0.933. The number of rotatable bonds is 1. The van der Waals surface area contributed by atoms with Crippen LogP contribution in [-0.2, 0) is 0 Å². The minimum atomic E-state index is 0.483. The Morgan fingerprint density at radius 3 is 2.78 bits per heavy atom. The van der Waals surface area contributed by atoms with Gasteiger partial charge in [0.25, 0.3) is 0 Å². The van der Waals surface area contributed by atoms with Gasteiger partial charge in [0.2, 0.25) is 0 Å². The molecule has 1 aliphatic heterocycles. The van der Waals surface area contributed by atoms with Gasteiger partial charge in [-0.2, -0.15) is 0 Å². The molecule has 0 unspecified atom stereocenters. The van der Waals surface area contributed by atoms with Crippen molar-refractivity contribution in [3.05, 3.63) is 5.41 Å². The molecule has 0 amide bonds. The lowest BCUT2D eigenvalue weighted by Gasteiger charge is -2.03. The number of hydrogen-bond acceptors (Lipinski definition) is 3. The van der Waals surface area contributed by atoms with Crippen molar-refractivity contribution in [2.45, 2.75) is 13.8 Å². The largest absolute Gasteiger partial charge is 0.139 e. The molecule has 0 N–H and O–H groups in total. The van der Waals surface area contributed by atoms with Crippen LogP contribution in [0.4, 0.5) is 0 Å². The normalized spacial score (nSPS) is 16.6. The predicted molar refractivity (Wildman–Crippen MR) is 41.9 cm³/mol. The van der Waals surface area contributed by atoms with E-state index in [1.807, 2.05) is 5.41 Å². The first-order valence-corrected chi connectivity index (χ1v) is 3.70. The summed E-state index contributed by atoms with van der Waals surface area (Å²) in [5, 5.41) is 10.4. The quantitative estimate of drug-likeness (QED) is 0.546. The molecular formula is C6H8N2S. The first kappa shape index (κ1) is 6.59. The Hall–Kier alpha value is -0.530. The molecule has 48 valence electrons. The minimum Gasteiger partial charge on any atom is -0.139 e. The number of hydrogen-bond donors (Lipinski definition) is 0. The van der Waals surface area contributed by atoms with Crippen molar-refractivity contribution in [3.8, 4) is 0 Å². The van der Waals surface area contributed by atoms with Crippen molar-refractivity contribution >= 4 is 22.7 Å². The SMILES string of the molecule is CC(C)C1=NN=C=CS1. The molecule has 0 saturated carbocycles. The Balaban J connectivity index is 2.66. The summed E-state index contributed by atoms with van der Waals surface area (Å²) in [6, 6.07) is 0. The molecule has 0 aromatic rings. The summed E-state index contributed by atoms with van der Waals surface area (Å²) in [5.41, 5.74) is 0. The van der Waals surface area contributed by atoms with Gasteiger partial charge in [-0.1, -0.05) is 25.6 Å². The maximum atomic E-state index is 3.89. The Morgan fingerprint density at radius 1 is 1.67 bits per heavy atom. The fourth-order valence-electron chi connectivity index (χ4n) is 0.464. The van der Waals surface area contributed by atoms with Crippen LogP contribution in [0.3, 0.4) is 0 Å². The average molecular weight is 140 g/mol. The summed E-state index contributed by atoms with van der Waals surface area (Å²) >= 11 is 1.59. The minimum absolute atomic E-state index is 0.483. The van der Waals surface area contributed by atoms with E-state index in [-0.39, 0.29) is 0 Å². The summed E-state index contributed by atoms with van der Waals surface area (Å²) in [6.07, 6.45) is 0. The van der Waals surface area contributed by atoms with Gasteiger partial charge in [-0.15, -0.1) is 10.2 Å². The lowest BCUT2D eigenvalue weighted by atomic mass is 10.2. The Bertz CT molecular complexity index is 187. The van der Waals surface area contributed by atoms with Gasteiger partial charge in [-0.25, -0.2) is 0 Å². The van der Waals surface area contributed by atoms with E-state index < -0.39 is 0 Å². The molecule has 0 aliphatic carbocycles. The maximum Gasteiger partial charge on any atom is 0.104 e. The zero-order valence-corrected chi connectivity index (χ0v) is 6.27. The average Bonchev–Trinajstić information content (AvgIpc) is 1.90. The van der Waals surface area contributed by atoms with Gasteiger partial charge in [0.15, 0.2) is 0 Å². The van der Waals surface area contributed by atoms with E-state index in [0.717, 1.165) is 5.04 Å². The number of thioether (sulfide) groups is 1. The third-order valence-corrected chi connectivity index (χ3v) is 1.95. The monoisotopic (exact) mass is 140 g/mol. The van der Waals surface area contributed by atoms with Crippen LogP contribution in [0.1, 0.15) is 13.8 Å². The van der Waals surface area contributed by atoms with Gasteiger partial charge in [0.05, 0.1) is 0 Å². The standard InChI is InChI=1S/C6H8N2S/c1-5(2)6-8-7-3-4-9-6/h4-5H,1-2H3. The van der Waals surface area contributed by atoms with E-state index in [4.69, 9.17) is 0 Å². The highest BCUT2D eigenvalue weighted by Crippen LogP contribution is 2.14. The predicted octanol–water partition coefficient (Wildman–Crippen LogP) is 1.89. The molecule has 0 spiro atoms. The molecule has 0 aromatic heterocycles. The fourth-order valence-corrected chi connectivity index (χ4v) is 1.04. The fraction of sp³-hybridized carbons (Fsp3) is 0.500. The molecule has 1 rings (SSSR count). The van der Waals surface area contributed by atoms with Crippen molar-refractivity contribution in [1.82, 2.24) is 0 Å². The van der Waals surface area contributed by atoms with Crippen LogP contribution in [0.5, 0.6) is 0 Å². The van der Waals surface area contributed by atoms with Gasteiger partial charge in [-0.3, -0.25) is 0 Å². The second-order valence-electron chi connectivity index (χ2n) is 2.06. The van der Waals surface area contributed by atoms with Gasteiger partial charge < -0.3 is 0 Å². The first-order chi connectivity index (χ1) is 4.30. The van der Waals surface area contributed by atoms with Crippen LogP contribution >= 0.6 is 11.8 Å². The smallest absolute Gasteiger partial charge is 0.104 e. The van der Waals surface area contributed by atoms with E-state index in [1.54, 1.807) is 11.8 Å². The Labute approximate surface area is 58.8 Å². The van der Waals surface area contributed by atoms with Crippen LogP contribution in [-0.4, -0.2) is 10.9 Å². The molecule has 0 radical (unpaired) electrons. The van der Waals surface area contributed by atoms with Crippen LogP contribution in [0.25, 0.3) is 0 Å². The second-order valence-corrected chi connectivity index (χ2v) is 2.95. The van der Waals surface area contributed by atoms with Crippen LogP contribution in [0, 0.1) is 5.92 Å². The molecule has 9 heavy (non-hydrogen) atoms. The topological polar surface area (TPSA) is 24.7 Å². The summed E-state index contributed by atoms with van der Waals surface area (Å²) < 4.78 is 0. The summed E-state index contributed by atoms with van der Waals surface area (Å²) in [4.78, 5) is 0. The van der Waals surface area contributed by atoms with Crippen LogP contribution in [0.15, 0.2) is 15.6 Å². The van der Waals surface area contributed by atoms with Gasteiger partial charge in [-0.05, 0) is 0 Å². The summed E-state index contributed by atoms with van der Waals surface area (Å²) in [5.74, 6) is 3.13. The van der Waals surface area contributed by atoms with Crippen molar-refractivity contribution < 1.29 is 0 Å². The third kappa shape index (κ3) is 1.70. The lowest BCUT2D eigenvalue weighted by molar-refractivity contribution is 0.893. The maximum absolute atomic E-state index is 3.89. The molecule has 1 aliphatic rings. The highest BCUT2D eigenvalue weighted by atomic mass is 32.2. The Kier molecular flexibility index (Phi) is 2.09. The molecular weight excluding hydrogens is 132 g/mol. The van der Waals surface area contributed by atoms with Crippen molar-refractivity contribution in [1.29, 1.82) is 0 Å². The first-order valence-electron chi connectivity index (χ1n) is 2.82. The molecule has 0 atom stereocenters.